The maximum absolute atomic E-state index is 12.8. The number of halogens is 1. The van der Waals surface area contributed by atoms with Crippen molar-refractivity contribution in [2.24, 2.45) is 7.05 Å². The molecule has 0 radical (unpaired) electrons. The molecular weight excluding hydrogens is 378 g/mol. The van der Waals surface area contributed by atoms with Gasteiger partial charge in [0.25, 0.3) is 5.91 Å². The van der Waals surface area contributed by atoms with E-state index in [1.54, 1.807) is 11.7 Å². The second kappa shape index (κ2) is 7.77. The van der Waals surface area contributed by atoms with Crippen LogP contribution in [0.1, 0.15) is 34.0 Å². The van der Waals surface area contributed by atoms with Crippen molar-refractivity contribution < 1.29 is 9.21 Å². The van der Waals surface area contributed by atoms with Gasteiger partial charge in [0, 0.05) is 31.6 Å². The Morgan fingerprint density at radius 3 is 3.00 bits per heavy atom. The number of nitrogens with zero attached hydrogens (tertiary/aromatic N) is 3. The lowest BCUT2D eigenvalue weighted by atomic mass is 9.85. The molecule has 1 aliphatic heterocycles. The highest BCUT2D eigenvalue weighted by Gasteiger charge is 2.29. The summed E-state index contributed by atoms with van der Waals surface area (Å²) in [6, 6.07) is 9.94. The molecule has 146 valence electrons. The monoisotopic (exact) mass is 399 g/mol. The van der Waals surface area contributed by atoms with Crippen LogP contribution in [0, 0.1) is 6.92 Å². The third-order valence-corrected chi connectivity index (χ3v) is 5.37. The van der Waals surface area contributed by atoms with Crippen molar-refractivity contribution in [1.29, 1.82) is 0 Å². The molecule has 1 fully saturated rings. The predicted molar refractivity (Wildman–Crippen MR) is 106 cm³/mol. The van der Waals surface area contributed by atoms with Crippen molar-refractivity contribution in [3.05, 3.63) is 58.6 Å². The molecule has 8 heteroatoms. The van der Waals surface area contributed by atoms with Crippen molar-refractivity contribution in [1.82, 2.24) is 25.4 Å². The molecule has 0 unspecified atom stereocenters. The molecule has 3 heterocycles. The van der Waals surface area contributed by atoms with Crippen molar-refractivity contribution in [3.63, 3.8) is 0 Å². The summed E-state index contributed by atoms with van der Waals surface area (Å²) in [6.45, 7) is 3.71. The van der Waals surface area contributed by atoms with Crippen molar-refractivity contribution >= 4 is 17.5 Å². The minimum atomic E-state index is -0.290. The maximum Gasteiger partial charge on any atom is 0.287 e. The Bertz CT molecular complexity index is 996. The average Bonchev–Trinajstić information content (AvgIpc) is 3.27. The fourth-order valence-corrected chi connectivity index (χ4v) is 3.91. The van der Waals surface area contributed by atoms with E-state index in [0.29, 0.717) is 23.2 Å². The molecule has 3 aromatic rings. The Morgan fingerprint density at radius 1 is 1.39 bits per heavy atom. The molecule has 2 N–H and O–H groups in total. The van der Waals surface area contributed by atoms with E-state index >= 15 is 0 Å². The number of carbonyl (C=O) groups is 1. The summed E-state index contributed by atoms with van der Waals surface area (Å²) in [5, 5.41) is 10.8. The van der Waals surface area contributed by atoms with Gasteiger partial charge in [-0.15, -0.1) is 0 Å². The van der Waals surface area contributed by atoms with Crippen LogP contribution in [0.2, 0.25) is 5.02 Å². The molecule has 0 spiro atoms. The molecule has 7 nitrogen and oxygen atoms in total. The third kappa shape index (κ3) is 3.68. The van der Waals surface area contributed by atoms with Crippen molar-refractivity contribution in [2.75, 3.05) is 13.1 Å². The number of piperidine rings is 1. The van der Waals surface area contributed by atoms with Crippen LogP contribution in [0.25, 0.3) is 11.6 Å². The van der Waals surface area contributed by atoms with E-state index in [0.717, 1.165) is 13.0 Å². The fraction of sp³-hybridized carbons (Fsp3) is 0.350. The van der Waals surface area contributed by atoms with Gasteiger partial charge in [0.15, 0.2) is 17.3 Å². The van der Waals surface area contributed by atoms with Gasteiger partial charge in [-0.2, -0.15) is 5.10 Å². The summed E-state index contributed by atoms with van der Waals surface area (Å²) in [4.78, 5) is 17.0. The molecule has 0 aliphatic carbocycles. The summed E-state index contributed by atoms with van der Waals surface area (Å²) in [5.74, 6) is 0.928. The first kappa shape index (κ1) is 18.7. The number of amides is 1. The lowest BCUT2D eigenvalue weighted by molar-refractivity contribution is 0.0897. The summed E-state index contributed by atoms with van der Waals surface area (Å²) in [5.41, 5.74) is 2.45. The van der Waals surface area contributed by atoms with E-state index in [1.807, 2.05) is 0 Å². The molecule has 0 saturated carbocycles. The van der Waals surface area contributed by atoms with Gasteiger partial charge in [-0.1, -0.05) is 41.4 Å². The molecule has 2 atom stereocenters. The minimum Gasteiger partial charge on any atom is -0.446 e. The summed E-state index contributed by atoms with van der Waals surface area (Å²) in [7, 11) is 1.74. The van der Waals surface area contributed by atoms with Crippen LogP contribution in [0.5, 0.6) is 0 Å². The number of aryl methyl sites for hydroxylation is 2. The number of aromatic nitrogens is 3. The second-order valence-corrected chi connectivity index (χ2v) is 7.50. The molecule has 4 rings (SSSR count). The van der Waals surface area contributed by atoms with Crippen LogP contribution in [0.3, 0.4) is 0 Å². The first-order chi connectivity index (χ1) is 13.5. The molecule has 1 aromatic carbocycles. The second-order valence-electron chi connectivity index (χ2n) is 7.09. The standard InChI is InChI=1S/C20H22ClN5O2/c1-12-4-3-5-13(8-12)14-6-7-22-10-16(14)25-20(27)17-9-15(21)18(28-17)19-23-11-24-26(19)2/h3-5,8-9,11,14,16,22H,6-7,10H2,1-2H3,(H,25,27)/t14-,16+/m1/s1. The zero-order valence-corrected chi connectivity index (χ0v) is 16.5. The Balaban J connectivity index is 1.55. The topological polar surface area (TPSA) is 85.0 Å². The fourth-order valence-electron chi connectivity index (χ4n) is 3.68. The lowest BCUT2D eigenvalue weighted by Crippen LogP contribution is -2.50. The number of benzene rings is 1. The number of hydrogen-bond acceptors (Lipinski definition) is 5. The largest absolute Gasteiger partial charge is 0.446 e. The van der Waals surface area contributed by atoms with Crippen LogP contribution in [-0.2, 0) is 7.05 Å². The number of furan rings is 1. The SMILES string of the molecule is Cc1cccc([C@H]2CCNC[C@@H]2NC(=O)c2cc(Cl)c(-c3ncnn3C)o2)c1. The van der Waals surface area contributed by atoms with Gasteiger partial charge in [-0.05, 0) is 25.5 Å². The predicted octanol–water partition coefficient (Wildman–Crippen LogP) is 2.91. The van der Waals surface area contributed by atoms with Crippen LogP contribution in [0.4, 0.5) is 0 Å². The quantitative estimate of drug-likeness (QED) is 0.704. The Hall–Kier alpha value is -2.64. The summed E-state index contributed by atoms with van der Waals surface area (Å²) >= 11 is 6.27. The molecule has 0 bridgehead atoms. The van der Waals surface area contributed by atoms with Gasteiger partial charge < -0.3 is 15.1 Å². The van der Waals surface area contributed by atoms with Crippen LogP contribution >= 0.6 is 11.6 Å². The van der Waals surface area contributed by atoms with Crippen molar-refractivity contribution in [2.45, 2.75) is 25.3 Å². The summed E-state index contributed by atoms with van der Waals surface area (Å²) < 4.78 is 7.26. The first-order valence-corrected chi connectivity index (χ1v) is 9.62. The Labute approximate surface area is 168 Å². The molecule has 1 aliphatic rings. The van der Waals surface area contributed by atoms with E-state index in [2.05, 4.69) is 51.9 Å². The highest BCUT2D eigenvalue weighted by atomic mass is 35.5. The van der Waals surface area contributed by atoms with Gasteiger partial charge in [0.2, 0.25) is 0 Å². The van der Waals surface area contributed by atoms with Gasteiger partial charge in [-0.25, -0.2) is 9.67 Å². The molecule has 28 heavy (non-hydrogen) atoms. The first-order valence-electron chi connectivity index (χ1n) is 9.25. The van der Waals surface area contributed by atoms with Crippen LogP contribution in [-0.4, -0.2) is 39.8 Å². The summed E-state index contributed by atoms with van der Waals surface area (Å²) in [6.07, 6.45) is 2.37. The van der Waals surface area contributed by atoms with Gasteiger partial charge in [-0.3, -0.25) is 4.79 Å². The number of hydrogen-bond donors (Lipinski definition) is 2. The maximum atomic E-state index is 12.8. The lowest BCUT2D eigenvalue weighted by Gasteiger charge is -2.33. The highest BCUT2D eigenvalue weighted by Crippen LogP contribution is 2.30. The van der Waals surface area contributed by atoms with Crippen molar-refractivity contribution in [3.8, 4) is 11.6 Å². The van der Waals surface area contributed by atoms with E-state index in [4.69, 9.17) is 16.0 Å². The Morgan fingerprint density at radius 2 is 2.25 bits per heavy atom. The smallest absolute Gasteiger partial charge is 0.287 e. The minimum absolute atomic E-state index is 0.0368. The zero-order chi connectivity index (χ0) is 19.7. The normalized spacial score (nSPS) is 19.5. The van der Waals surface area contributed by atoms with Gasteiger partial charge in [0.05, 0.1) is 5.02 Å². The van der Waals surface area contributed by atoms with E-state index in [9.17, 15) is 4.79 Å². The number of rotatable bonds is 4. The van der Waals surface area contributed by atoms with Gasteiger partial charge in [0.1, 0.15) is 6.33 Å². The third-order valence-electron chi connectivity index (χ3n) is 5.09. The van der Waals surface area contributed by atoms with E-state index < -0.39 is 0 Å². The molecule has 1 amide bonds. The van der Waals surface area contributed by atoms with E-state index in [1.165, 1.54) is 23.5 Å². The molecule has 2 aromatic heterocycles. The average molecular weight is 400 g/mol. The zero-order valence-electron chi connectivity index (χ0n) is 15.8. The van der Waals surface area contributed by atoms with Crippen LogP contribution < -0.4 is 10.6 Å². The number of nitrogens with one attached hydrogen (secondary N) is 2. The Kier molecular flexibility index (Phi) is 5.19. The highest BCUT2D eigenvalue weighted by molar-refractivity contribution is 6.33. The molecule has 1 saturated heterocycles. The molecular formula is C20H22ClN5O2. The van der Waals surface area contributed by atoms with E-state index in [-0.39, 0.29) is 23.6 Å². The van der Waals surface area contributed by atoms with Gasteiger partial charge >= 0.3 is 0 Å². The number of carbonyl (C=O) groups excluding carboxylic acids is 1. The van der Waals surface area contributed by atoms with Crippen LogP contribution in [0.15, 0.2) is 41.1 Å².